The Bertz CT molecular complexity index is 1050. The first-order chi connectivity index (χ1) is 14.6. The van der Waals surface area contributed by atoms with E-state index >= 15 is 0 Å². The molecule has 0 unspecified atom stereocenters. The quantitative estimate of drug-likeness (QED) is 0.320. The van der Waals surface area contributed by atoms with E-state index in [9.17, 15) is 9.59 Å². The fraction of sp³-hybridized carbons (Fsp3) is 0.0400. The van der Waals surface area contributed by atoms with E-state index in [4.69, 9.17) is 14.2 Å². The lowest BCUT2D eigenvalue weighted by Crippen LogP contribution is -2.06. The maximum absolute atomic E-state index is 12.1. The Kier molecular flexibility index (Phi) is 7.17. The van der Waals surface area contributed by atoms with Crippen molar-refractivity contribution in [3.8, 4) is 17.2 Å². The highest BCUT2D eigenvalue weighted by Gasteiger charge is 2.11. The highest BCUT2D eigenvalue weighted by atomic mass is 16.6. The standard InChI is InChI=1S/C25H20O5/c1-28-23-18-21(29-24(26)16-12-19-8-4-2-5-9-19)14-15-22(23)30-25(27)17-13-20-10-6-3-7-11-20/h2-18H,1H3. The Labute approximate surface area is 174 Å². The van der Waals surface area contributed by atoms with Crippen molar-refractivity contribution in [2.24, 2.45) is 0 Å². The molecule has 0 spiro atoms. The average molecular weight is 400 g/mol. The summed E-state index contributed by atoms with van der Waals surface area (Å²) in [5.74, 6) is -0.313. The highest BCUT2D eigenvalue weighted by Crippen LogP contribution is 2.31. The number of carbonyl (C=O) groups excluding carboxylic acids is 2. The van der Waals surface area contributed by atoms with Gasteiger partial charge in [0.1, 0.15) is 5.75 Å². The zero-order valence-electron chi connectivity index (χ0n) is 16.4. The van der Waals surface area contributed by atoms with Gasteiger partial charge in [0.05, 0.1) is 7.11 Å². The Morgan fingerprint density at radius 3 is 1.73 bits per heavy atom. The molecule has 0 bridgehead atoms. The number of ether oxygens (including phenoxy) is 3. The van der Waals surface area contributed by atoms with Crippen LogP contribution < -0.4 is 14.2 Å². The van der Waals surface area contributed by atoms with Crippen LogP contribution in [0.15, 0.2) is 91.0 Å². The molecule has 0 atom stereocenters. The first kappa shape index (κ1) is 20.6. The zero-order chi connectivity index (χ0) is 21.2. The van der Waals surface area contributed by atoms with Gasteiger partial charge in [0.2, 0.25) is 0 Å². The molecule has 150 valence electrons. The van der Waals surface area contributed by atoms with Gasteiger partial charge in [-0.2, -0.15) is 0 Å². The normalized spacial score (nSPS) is 10.8. The molecule has 0 amide bonds. The van der Waals surface area contributed by atoms with Crippen LogP contribution >= 0.6 is 0 Å². The monoisotopic (exact) mass is 400 g/mol. The van der Waals surface area contributed by atoms with Crippen LogP contribution in [0.1, 0.15) is 11.1 Å². The van der Waals surface area contributed by atoms with Crippen LogP contribution in [0.4, 0.5) is 0 Å². The van der Waals surface area contributed by atoms with E-state index in [-0.39, 0.29) is 17.2 Å². The second kappa shape index (κ2) is 10.4. The van der Waals surface area contributed by atoms with Crippen LogP contribution in [-0.4, -0.2) is 19.0 Å². The number of carbonyl (C=O) groups is 2. The van der Waals surface area contributed by atoms with E-state index in [0.717, 1.165) is 11.1 Å². The van der Waals surface area contributed by atoms with Crippen molar-refractivity contribution in [1.82, 2.24) is 0 Å². The second-order valence-electron chi connectivity index (χ2n) is 6.14. The molecule has 5 heteroatoms. The Morgan fingerprint density at radius 2 is 1.20 bits per heavy atom. The van der Waals surface area contributed by atoms with Gasteiger partial charge in [-0.1, -0.05) is 60.7 Å². The molecule has 30 heavy (non-hydrogen) atoms. The molecule has 0 aliphatic carbocycles. The smallest absolute Gasteiger partial charge is 0.336 e. The molecule has 0 radical (unpaired) electrons. The summed E-state index contributed by atoms with van der Waals surface area (Å²) < 4.78 is 15.9. The molecule has 0 heterocycles. The molecule has 0 saturated carbocycles. The molecule has 0 N–H and O–H groups in total. The molecule has 3 aromatic carbocycles. The molecule has 0 saturated heterocycles. The SMILES string of the molecule is COc1cc(OC(=O)C=Cc2ccccc2)ccc1OC(=O)C=Cc1ccccc1. The van der Waals surface area contributed by atoms with Gasteiger partial charge in [0, 0.05) is 18.2 Å². The van der Waals surface area contributed by atoms with E-state index in [1.165, 1.54) is 37.5 Å². The molecule has 3 rings (SSSR count). The minimum atomic E-state index is -0.548. The number of hydrogen-bond acceptors (Lipinski definition) is 5. The van der Waals surface area contributed by atoms with Crippen molar-refractivity contribution in [3.05, 3.63) is 102 Å². The van der Waals surface area contributed by atoms with Crippen LogP contribution in [0.3, 0.4) is 0 Å². The molecule has 0 aromatic heterocycles. The van der Waals surface area contributed by atoms with Crippen molar-refractivity contribution >= 4 is 24.1 Å². The van der Waals surface area contributed by atoms with E-state index in [1.54, 1.807) is 12.2 Å². The van der Waals surface area contributed by atoms with Gasteiger partial charge in [0.15, 0.2) is 11.5 Å². The van der Waals surface area contributed by atoms with E-state index in [0.29, 0.717) is 0 Å². The molecular formula is C25H20O5. The van der Waals surface area contributed by atoms with Crippen LogP contribution in [0.25, 0.3) is 12.2 Å². The summed E-state index contributed by atoms with van der Waals surface area (Å²) in [4.78, 5) is 24.1. The Balaban J connectivity index is 1.62. The van der Waals surface area contributed by atoms with Gasteiger partial charge in [0.25, 0.3) is 0 Å². The number of rotatable bonds is 7. The molecular weight excluding hydrogens is 380 g/mol. The topological polar surface area (TPSA) is 61.8 Å². The summed E-state index contributed by atoms with van der Waals surface area (Å²) >= 11 is 0. The number of esters is 2. The number of hydrogen-bond donors (Lipinski definition) is 0. The third-order valence-electron chi connectivity index (χ3n) is 3.99. The highest BCUT2D eigenvalue weighted by molar-refractivity contribution is 5.90. The summed E-state index contributed by atoms with van der Waals surface area (Å²) in [6.07, 6.45) is 5.99. The molecule has 0 aliphatic heterocycles. The van der Waals surface area contributed by atoms with Crippen molar-refractivity contribution in [2.45, 2.75) is 0 Å². The van der Waals surface area contributed by atoms with Crippen LogP contribution in [0, 0.1) is 0 Å². The van der Waals surface area contributed by atoms with Crippen molar-refractivity contribution in [1.29, 1.82) is 0 Å². The van der Waals surface area contributed by atoms with Gasteiger partial charge in [-0.05, 0) is 35.4 Å². The molecule has 0 fully saturated rings. The lowest BCUT2D eigenvalue weighted by atomic mass is 10.2. The third-order valence-corrected chi connectivity index (χ3v) is 3.99. The van der Waals surface area contributed by atoms with Crippen LogP contribution in [-0.2, 0) is 9.59 Å². The zero-order valence-corrected chi connectivity index (χ0v) is 16.4. The van der Waals surface area contributed by atoms with Gasteiger partial charge in [-0.3, -0.25) is 0 Å². The summed E-state index contributed by atoms with van der Waals surface area (Å²) in [5.41, 5.74) is 1.77. The fourth-order valence-corrected chi connectivity index (χ4v) is 2.55. The summed E-state index contributed by atoms with van der Waals surface area (Å²) in [7, 11) is 1.44. The van der Waals surface area contributed by atoms with Crippen LogP contribution in [0.5, 0.6) is 17.2 Å². The number of benzene rings is 3. The van der Waals surface area contributed by atoms with Gasteiger partial charge in [-0.25, -0.2) is 9.59 Å². The largest absolute Gasteiger partial charge is 0.493 e. The Morgan fingerprint density at radius 1 is 0.667 bits per heavy atom. The summed E-state index contributed by atoms with van der Waals surface area (Å²) in [6.45, 7) is 0. The Hall–Kier alpha value is -4.12. The fourth-order valence-electron chi connectivity index (χ4n) is 2.55. The minimum Gasteiger partial charge on any atom is -0.493 e. The summed E-state index contributed by atoms with van der Waals surface area (Å²) in [5, 5.41) is 0. The second-order valence-corrected chi connectivity index (χ2v) is 6.14. The third kappa shape index (κ3) is 6.21. The van der Waals surface area contributed by atoms with Gasteiger partial charge < -0.3 is 14.2 Å². The van der Waals surface area contributed by atoms with Crippen molar-refractivity contribution < 1.29 is 23.8 Å². The lowest BCUT2D eigenvalue weighted by molar-refractivity contribution is -0.130. The maximum Gasteiger partial charge on any atom is 0.336 e. The van der Waals surface area contributed by atoms with E-state index in [1.807, 2.05) is 60.7 Å². The van der Waals surface area contributed by atoms with Crippen molar-refractivity contribution in [3.63, 3.8) is 0 Å². The molecule has 0 aliphatic rings. The first-order valence-corrected chi connectivity index (χ1v) is 9.22. The van der Waals surface area contributed by atoms with E-state index in [2.05, 4.69) is 0 Å². The van der Waals surface area contributed by atoms with Crippen LogP contribution in [0.2, 0.25) is 0 Å². The first-order valence-electron chi connectivity index (χ1n) is 9.22. The van der Waals surface area contributed by atoms with Gasteiger partial charge in [-0.15, -0.1) is 0 Å². The average Bonchev–Trinajstić information content (AvgIpc) is 2.78. The molecule has 3 aromatic rings. The summed E-state index contributed by atoms with van der Waals surface area (Å²) in [6, 6.07) is 23.3. The van der Waals surface area contributed by atoms with Gasteiger partial charge >= 0.3 is 11.9 Å². The predicted molar refractivity (Wildman–Crippen MR) is 115 cm³/mol. The lowest BCUT2D eigenvalue weighted by Gasteiger charge is -2.09. The molecule has 5 nitrogen and oxygen atoms in total. The maximum atomic E-state index is 12.1. The predicted octanol–water partition coefficient (Wildman–Crippen LogP) is 4.93. The van der Waals surface area contributed by atoms with E-state index < -0.39 is 11.9 Å². The number of methoxy groups -OCH3 is 1. The van der Waals surface area contributed by atoms with Crippen molar-refractivity contribution in [2.75, 3.05) is 7.11 Å². The minimum absolute atomic E-state index is 0.222.